The molecule has 0 saturated heterocycles. The number of nitrogen functional groups attached to an aromatic ring is 1. The molecule has 0 fully saturated rings. The van der Waals surface area contributed by atoms with Crippen LogP contribution in [0.25, 0.3) is 0 Å². The van der Waals surface area contributed by atoms with Crippen molar-refractivity contribution in [3.63, 3.8) is 0 Å². The zero-order chi connectivity index (χ0) is 14.3. The van der Waals surface area contributed by atoms with Crippen molar-refractivity contribution in [3.8, 4) is 0 Å². The number of ether oxygens (including phenoxy) is 1. The van der Waals surface area contributed by atoms with E-state index in [4.69, 9.17) is 10.5 Å². The molecule has 0 atom stereocenters. The SMILES string of the molecule is CC(C)COCCCNS(=O)(=O)c1ccc(N)nc1. The molecule has 6 nitrogen and oxygen atoms in total. The van der Waals surface area contributed by atoms with Crippen molar-refractivity contribution >= 4 is 15.8 Å². The van der Waals surface area contributed by atoms with E-state index < -0.39 is 10.0 Å². The summed E-state index contributed by atoms with van der Waals surface area (Å²) in [4.78, 5) is 3.87. The number of hydrogen-bond acceptors (Lipinski definition) is 5. The minimum atomic E-state index is -3.50. The molecule has 7 heteroatoms. The summed E-state index contributed by atoms with van der Waals surface area (Å²) >= 11 is 0. The third-order valence-corrected chi connectivity index (χ3v) is 3.72. The molecule has 1 aromatic rings. The molecule has 0 spiro atoms. The van der Waals surface area contributed by atoms with Crippen LogP contribution < -0.4 is 10.5 Å². The Morgan fingerprint density at radius 1 is 1.42 bits per heavy atom. The minimum Gasteiger partial charge on any atom is -0.384 e. The number of nitrogens with two attached hydrogens (primary N) is 1. The monoisotopic (exact) mass is 287 g/mol. The number of anilines is 1. The second-order valence-electron chi connectivity index (χ2n) is 4.64. The number of sulfonamides is 1. The molecule has 108 valence electrons. The maximum atomic E-state index is 11.9. The highest BCUT2D eigenvalue weighted by atomic mass is 32.2. The first-order chi connectivity index (χ1) is 8.92. The molecule has 0 aliphatic heterocycles. The summed E-state index contributed by atoms with van der Waals surface area (Å²) in [7, 11) is -3.50. The first-order valence-electron chi connectivity index (χ1n) is 6.21. The van der Waals surface area contributed by atoms with Gasteiger partial charge in [0.2, 0.25) is 10.0 Å². The summed E-state index contributed by atoms with van der Waals surface area (Å²) < 4.78 is 31.6. The van der Waals surface area contributed by atoms with Crippen LogP contribution in [0.3, 0.4) is 0 Å². The van der Waals surface area contributed by atoms with Gasteiger partial charge in [-0.1, -0.05) is 13.8 Å². The Kier molecular flexibility index (Phi) is 6.20. The van der Waals surface area contributed by atoms with E-state index in [2.05, 4.69) is 23.6 Å². The number of nitrogens with one attached hydrogen (secondary N) is 1. The Hall–Kier alpha value is -1.18. The van der Waals surface area contributed by atoms with Crippen LogP contribution in [0, 0.1) is 5.92 Å². The van der Waals surface area contributed by atoms with E-state index in [1.54, 1.807) is 0 Å². The molecule has 1 heterocycles. The summed E-state index contributed by atoms with van der Waals surface area (Å²) in [6.45, 7) is 5.70. The van der Waals surface area contributed by atoms with Crippen LogP contribution in [0.5, 0.6) is 0 Å². The van der Waals surface area contributed by atoms with Gasteiger partial charge in [-0.3, -0.25) is 0 Å². The Labute approximate surface area is 114 Å². The standard InChI is InChI=1S/C12H21N3O3S/c1-10(2)9-18-7-3-6-15-19(16,17)11-4-5-12(13)14-8-11/h4-5,8,10,15H,3,6-7,9H2,1-2H3,(H2,13,14). The molecule has 0 aliphatic rings. The number of pyridine rings is 1. The normalized spacial score (nSPS) is 11.9. The van der Waals surface area contributed by atoms with Gasteiger partial charge in [-0.05, 0) is 24.5 Å². The molecule has 0 amide bonds. The lowest BCUT2D eigenvalue weighted by Crippen LogP contribution is -2.25. The minimum absolute atomic E-state index is 0.116. The van der Waals surface area contributed by atoms with Gasteiger partial charge >= 0.3 is 0 Å². The van der Waals surface area contributed by atoms with Crippen molar-refractivity contribution in [2.24, 2.45) is 5.92 Å². The molecule has 0 unspecified atom stereocenters. The van der Waals surface area contributed by atoms with E-state index in [0.717, 1.165) is 0 Å². The van der Waals surface area contributed by atoms with E-state index in [0.29, 0.717) is 37.9 Å². The third-order valence-electron chi connectivity index (χ3n) is 2.28. The molecule has 0 aliphatic carbocycles. The van der Waals surface area contributed by atoms with Crippen LogP contribution in [0.2, 0.25) is 0 Å². The fraction of sp³-hybridized carbons (Fsp3) is 0.583. The molecule has 1 aromatic heterocycles. The predicted molar refractivity (Wildman–Crippen MR) is 74.1 cm³/mol. The van der Waals surface area contributed by atoms with Gasteiger partial charge in [0.1, 0.15) is 10.7 Å². The van der Waals surface area contributed by atoms with Gasteiger partial charge in [-0.2, -0.15) is 0 Å². The third kappa shape index (κ3) is 6.00. The van der Waals surface area contributed by atoms with Gasteiger partial charge in [0.25, 0.3) is 0 Å². The Morgan fingerprint density at radius 2 is 2.16 bits per heavy atom. The molecule has 1 rings (SSSR count). The van der Waals surface area contributed by atoms with Gasteiger partial charge in [0.05, 0.1) is 0 Å². The van der Waals surface area contributed by atoms with Crippen LogP contribution in [0.1, 0.15) is 20.3 Å². The summed E-state index contributed by atoms with van der Waals surface area (Å²) in [5.41, 5.74) is 5.41. The lowest BCUT2D eigenvalue weighted by atomic mass is 10.2. The molecule has 0 saturated carbocycles. The zero-order valence-corrected chi connectivity index (χ0v) is 12.1. The highest BCUT2D eigenvalue weighted by molar-refractivity contribution is 7.89. The van der Waals surface area contributed by atoms with Crippen LogP contribution >= 0.6 is 0 Å². The number of nitrogens with zero attached hydrogens (tertiary/aromatic N) is 1. The van der Waals surface area contributed by atoms with E-state index >= 15 is 0 Å². The summed E-state index contributed by atoms with van der Waals surface area (Å²) in [6.07, 6.45) is 1.88. The average Bonchev–Trinajstić information content (AvgIpc) is 2.34. The van der Waals surface area contributed by atoms with Crippen LogP contribution in [0.15, 0.2) is 23.2 Å². The molecule has 0 radical (unpaired) electrons. The van der Waals surface area contributed by atoms with Crippen molar-refractivity contribution in [1.29, 1.82) is 0 Å². The topological polar surface area (TPSA) is 94.3 Å². The highest BCUT2D eigenvalue weighted by Gasteiger charge is 2.13. The van der Waals surface area contributed by atoms with Crippen molar-refractivity contribution in [2.75, 3.05) is 25.5 Å². The zero-order valence-electron chi connectivity index (χ0n) is 11.3. The lowest BCUT2D eigenvalue weighted by molar-refractivity contribution is 0.108. The van der Waals surface area contributed by atoms with E-state index in [9.17, 15) is 8.42 Å². The van der Waals surface area contributed by atoms with E-state index in [1.165, 1.54) is 18.3 Å². The molecule has 0 bridgehead atoms. The van der Waals surface area contributed by atoms with Crippen LogP contribution in [-0.4, -0.2) is 33.2 Å². The van der Waals surface area contributed by atoms with Crippen molar-refractivity contribution in [1.82, 2.24) is 9.71 Å². The highest BCUT2D eigenvalue weighted by Crippen LogP contribution is 2.08. The molecule has 3 N–H and O–H groups in total. The summed E-state index contributed by atoms with van der Waals surface area (Å²) in [6, 6.07) is 2.89. The van der Waals surface area contributed by atoms with Crippen molar-refractivity contribution < 1.29 is 13.2 Å². The van der Waals surface area contributed by atoms with Gasteiger partial charge in [0.15, 0.2) is 0 Å². The first-order valence-corrected chi connectivity index (χ1v) is 7.69. The molecule has 19 heavy (non-hydrogen) atoms. The van der Waals surface area contributed by atoms with Crippen molar-refractivity contribution in [2.45, 2.75) is 25.2 Å². The van der Waals surface area contributed by atoms with Gasteiger partial charge in [0, 0.05) is 26.0 Å². The maximum Gasteiger partial charge on any atom is 0.242 e. The fourth-order valence-electron chi connectivity index (χ4n) is 1.33. The second kappa shape index (κ2) is 7.42. The van der Waals surface area contributed by atoms with Crippen molar-refractivity contribution in [3.05, 3.63) is 18.3 Å². The van der Waals surface area contributed by atoms with Gasteiger partial charge in [-0.15, -0.1) is 0 Å². The fourth-order valence-corrected chi connectivity index (χ4v) is 2.35. The predicted octanol–water partition coefficient (Wildman–Crippen LogP) is 1.00. The number of hydrogen-bond donors (Lipinski definition) is 2. The van der Waals surface area contributed by atoms with Crippen LogP contribution in [-0.2, 0) is 14.8 Å². The average molecular weight is 287 g/mol. The smallest absolute Gasteiger partial charge is 0.242 e. The lowest BCUT2D eigenvalue weighted by Gasteiger charge is -2.08. The molecular weight excluding hydrogens is 266 g/mol. The maximum absolute atomic E-state index is 11.9. The Morgan fingerprint density at radius 3 is 2.74 bits per heavy atom. The number of rotatable bonds is 8. The Balaban J connectivity index is 2.33. The van der Waals surface area contributed by atoms with Gasteiger partial charge in [-0.25, -0.2) is 18.1 Å². The largest absolute Gasteiger partial charge is 0.384 e. The van der Waals surface area contributed by atoms with E-state index in [-0.39, 0.29) is 4.90 Å². The first kappa shape index (κ1) is 15.9. The summed E-state index contributed by atoms with van der Waals surface area (Å²) in [5, 5.41) is 0. The molecule has 0 aromatic carbocycles. The Bertz CT molecular complexity index is 471. The quantitative estimate of drug-likeness (QED) is 0.696. The summed E-state index contributed by atoms with van der Waals surface area (Å²) in [5.74, 6) is 0.776. The second-order valence-corrected chi connectivity index (χ2v) is 6.41. The van der Waals surface area contributed by atoms with Crippen LogP contribution in [0.4, 0.5) is 5.82 Å². The van der Waals surface area contributed by atoms with E-state index in [1.807, 2.05) is 0 Å². The van der Waals surface area contributed by atoms with Gasteiger partial charge < -0.3 is 10.5 Å². The number of aromatic nitrogens is 1. The molecular formula is C12H21N3O3S.